The van der Waals surface area contributed by atoms with Crippen LogP contribution in [0.3, 0.4) is 0 Å². The van der Waals surface area contributed by atoms with Crippen LogP contribution < -0.4 is 15.5 Å². The Bertz CT molecular complexity index is 894. The summed E-state index contributed by atoms with van der Waals surface area (Å²) in [5, 5.41) is 15.7. The fraction of sp³-hybridized carbons (Fsp3) is 0.273. The molecule has 1 fully saturated rings. The zero-order chi connectivity index (χ0) is 20.6. The molecule has 0 saturated carbocycles. The van der Waals surface area contributed by atoms with Gasteiger partial charge in [-0.2, -0.15) is 5.26 Å². The number of nitrogens with one attached hydrogen (secondary N) is 2. The lowest BCUT2D eigenvalue weighted by Crippen LogP contribution is -2.44. The van der Waals surface area contributed by atoms with E-state index in [4.69, 9.17) is 11.6 Å². The Kier molecular flexibility index (Phi) is 7.12. The highest BCUT2D eigenvalue weighted by Crippen LogP contribution is 2.19. The van der Waals surface area contributed by atoms with Crippen molar-refractivity contribution in [1.29, 1.82) is 5.26 Å². The molecule has 0 aromatic heterocycles. The molecule has 0 bridgehead atoms. The van der Waals surface area contributed by atoms with Crippen LogP contribution in [-0.4, -0.2) is 44.0 Å². The number of nitrogens with zero attached hydrogens (tertiary/aromatic N) is 3. The minimum absolute atomic E-state index is 0.0158. The number of piperazine rings is 1. The largest absolute Gasteiger partial charge is 0.369 e. The van der Waals surface area contributed by atoms with E-state index in [1.165, 1.54) is 11.9 Å². The second-order valence-electron chi connectivity index (χ2n) is 6.96. The number of amides is 1. The third-order valence-corrected chi connectivity index (χ3v) is 5.10. The number of carbonyl (C=O) groups excluding carboxylic acids is 1. The van der Waals surface area contributed by atoms with Crippen LogP contribution in [0.4, 0.5) is 11.4 Å². The molecule has 1 amide bonds. The van der Waals surface area contributed by atoms with Crippen molar-refractivity contribution in [3.8, 4) is 6.07 Å². The average molecular weight is 410 g/mol. The standard InChI is InChI=1S/C22H24ClN5O/c1-27-10-12-28(13-11-27)21-8-6-20(7-9-21)25-16-18(14-24)22(29)26-15-17-2-4-19(23)5-3-17/h2-9,16,25H,10-13,15H2,1H3,(H,26,29)/b18-16-. The molecule has 3 rings (SSSR count). The van der Waals surface area contributed by atoms with Crippen molar-refractivity contribution in [1.82, 2.24) is 10.2 Å². The number of anilines is 2. The van der Waals surface area contributed by atoms with E-state index in [0.717, 1.165) is 37.4 Å². The highest BCUT2D eigenvalue weighted by Gasteiger charge is 2.14. The minimum atomic E-state index is -0.427. The van der Waals surface area contributed by atoms with Gasteiger partial charge in [-0.3, -0.25) is 4.79 Å². The molecule has 29 heavy (non-hydrogen) atoms. The van der Waals surface area contributed by atoms with Crippen LogP contribution in [0, 0.1) is 11.3 Å². The molecule has 1 saturated heterocycles. The van der Waals surface area contributed by atoms with Gasteiger partial charge in [0, 0.05) is 55.3 Å². The molecule has 0 unspecified atom stereocenters. The Balaban J connectivity index is 1.54. The molecular formula is C22H24ClN5O. The number of nitriles is 1. The van der Waals surface area contributed by atoms with Crippen molar-refractivity contribution in [3.05, 3.63) is 70.9 Å². The second-order valence-corrected chi connectivity index (χ2v) is 7.40. The monoisotopic (exact) mass is 409 g/mol. The SMILES string of the molecule is CN1CCN(c2ccc(N/C=C(/C#N)C(=O)NCc3ccc(Cl)cc3)cc2)CC1. The van der Waals surface area contributed by atoms with Gasteiger partial charge >= 0.3 is 0 Å². The van der Waals surface area contributed by atoms with Gasteiger partial charge in [0.15, 0.2) is 0 Å². The van der Waals surface area contributed by atoms with Crippen molar-refractivity contribution in [2.24, 2.45) is 0 Å². The Morgan fingerprint density at radius 3 is 2.38 bits per heavy atom. The Labute approximate surface area is 176 Å². The van der Waals surface area contributed by atoms with Gasteiger partial charge in [-0.1, -0.05) is 23.7 Å². The van der Waals surface area contributed by atoms with Gasteiger partial charge < -0.3 is 20.4 Å². The molecule has 2 N–H and O–H groups in total. The summed E-state index contributed by atoms with van der Waals surface area (Å²) in [6, 6.07) is 17.1. The number of halogens is 1. The molecule has 7 heteroatoms. The van der Waals surface area contributed by atoms with Gasteiger partial charge in [0.25, 0.3) is 5.91 Å². The normalized spacial score (nSPS) is 14.9. The topological polar surface area (TPSA) is 71.4 Å². The van der Waals surface area contributed by atoms with Gasteiger partial charge in [0.2, 0.25) is 0 Å². The summed E-state index contributed by atoms with van der Waals surface area (Å²) < 4.78 is 0. The molecular weight excluding hydrogens is 386 g/mol. The van der Waals surface area contributed by atoms with Gasteiger partial charge in [0.05, 0.1) is 0 Å². The first-order valence-corrected chi connectivity index (χ1v) is 9.86. The van der Waals surface area contributed by atoms with E-state index >= 15 is 0 Å². The molecule has 0 radical (unpaired) electrons. The van der Waals surface area contributed by atoms with Gasteiger partial charge in [-0.25, -0.2) is 0 Å². The lowest BCUT2D eigenvalue weighted by atomic mass is 10.2. The van der Waals surface area contributed by atoms with Crippen LogP contribution in [0.1, 0.15) is 5.56 Å². The van der Waals surface area contributed by atoms with Crippen molar-refractivity contribution in [2.45, 2.75) is 6.54 Å². The summed E-state index contributed by atoms with van der Waals surface area (Å²) in [7, 11) is 2.13. The maximum atomic E-state index is 12.2. The summed E-state index contributed by atoms with van der Waals surface area (Å²) in [6.07, 6.45) is 1.43. The zero-order valence-electron chi connectivity index (χ0n) is 16.4. The van der Waals surface area contributed by atoms with Crippen LogP contribution in [0.5, 0.6) is 0 Å². The molecule has 2 aromatic carbocycles. The summed E-state index contributed by atoms with van der Waals surface area (Å²) in [5.41, 5.74) is 2.92. The lowest BCUT2D eigenvalue weighted by molar-refractivity contribution is -0.117. The molecule has 150 valence electrons. The van der Waals surface area contributed by atoms with Crippen LogP contribution in [-0.2, 0) is 11.3 Å². The molecule has 0 aliphatic carbocycles. The van der Waals surface area contributed by atoms with E-state index in [9.17, 15) is 10.1 Å². The van der Waals surface area contributed by atoms with E-state index in [0.29, 0.717) is 11.6 Å². The van der Waals surface area contributed by atoms with E-state index in [1.807, 2.05) is 42.5 Å². The first-order chi connectivity index (χ1) is 14.0. The predicted octanol–water partition coefficient (Wildman–Crippen LogP) is 3.23. The summed E-state index contributed by atoms with van der Waals surface area (Å²) in [6.45, 7) is 4.46. The zero-order valence-corrected chi connectivity index (χ0v) is 17.1. The van der Waals surface area contributed by atoms with Crippen LogP contribution in [0.25, 0.3) is 0 Å². The van der Waals surface area contributed by atoms with Crippen LogP contribution in [0.15, 0.2) is 60.3 Å². The average Bonchev–Trinajstić information content (AvgIpc) is 2.75. The summed E-state index contributed by atoms with van der Waals surface area (Å²) in [4.78, 5) is 16.9. The van der Waals surface area contributed by atoms with E-state index in [1.54, 1.807) is 12.1 Å². The Morgan fingerprint density at radius 2 is 1.76 bits per heavy atom. The lowest BCUT2D eigenvalue weighted by Gasteiger charge is -2.34. The molecule has 1 aliphatic heterocycles. The number of hydrogen-bond donors (Lipinski definition) is 2. The minimum Gasteiger partial charge on any atom is -0.369 e. The fourth-order valence-electron chi connectivity index (χ4n) is 3.02. The van der Waals surface area contributed by atoms with Crippen molar-refractivity contribution in [3.63, 3.8) is 0 Å². The number of benzene rings is 2. The maximum absolute atomic E-state index is 12.2. The first-order valence-electron chi connectivity index (χ1n) is 9.48. The Morgan fingerprint density at radius 1 is 1.10 bits per heavy atom. The van der Waals surface area contributed by atoms with Crippen molar-refractivity contribution >= 4 is 28.9 Å². The van der Waals surface area contributed by atoms with Gasteiger partial charge in [0.1, 0.15) is 11.6 Å². The highest BCUT2D eigenvalue weighted by atomic mass is 35.5. The van der Waals surface area contributed by atoms with Crippen molar-refractivity contribution < 1.29 is 4.79 Å². The molecule has 1 aliphatic rings. The van der Waals surface area contributed by atoms with Crippen LogP contribution >= 0.6 is 11.6 Å². The van der Waals surface area contributed by atoms with Gasteiger partial charge in [-0.05, 0) is 49.0 Å². The van der Waals surface area contributed by atoms with Gasteiger partial charge in [-0.15, -0.1) is 0 Å². The van der Waals surface area contributed by atoms with Crippen LogP contribution in [0.2, 0.25) is 5.02 Å². The molecule has 2 aromatic rings. The predicted molar refractivity (Wildman–Crippen MR) is 117 cm³/mol. The van der Waals surface area contributed by atoms with E-state index < -0.39 is 5.91 Å². The third-order valence-electron chi connectivity index (χ3n) is 4.85. The van der Waals surface area contributed by atoms with E-state index in [2.05, 4.69) is 27.5 Å². The molecule has 1 heterocycles. The van der Waals surface area contributed by atoms with Crippen molar-refractivity contribution in [2.75, 3.05) is 43.4 Å². The first kappa shape index (κ1) is 20.7. The number of carbonyl (C=O) groups is 1. The number of hydrogen-bond acceptors (Lipinski definition) is 5. The molecule has 0 atom stereocenters. The number of rotatable bonds is 6. The molecule has 0 spiro atoms. The third kappa shape index (κ3) is 5.98. The second kappa shape index (κ2) is 9.97. The maximum Gasteiger partial charge on any atom is 0.263 e. The Hall–Kier alpha value is -3.01. The highest BCUT2D eigenvalue weighted by molar-refractivity contribution is 6.30. The smallest absolute Gasteiger partial charge is 0.263 e. The molecule has 6 nitrogen and oxygen atoms in total. The quantitative estimate of drug-likeness (QED) is 0.566. The number of likely N-dealkylation sites (N-methyl/N-ethyl adjacent to an activating group) is 1. The summed E-state index contributed by atoms with van der Waals surface area (Å²) >= 11 is 5.85. The summed E-state index contributed by atoms with van der Waals surface area (Å²) in [5.74, 6) is -0.427. The fourth-order valence-corrected chi connectivity index (χ4v) is 3.14. The van der Waals surface area contributed by atoms with E-state index in [-0.39, 0.29) is 5.57 Å².